The van der Waals surface area contributed by atoms with Crippen LogP contribution in [0, 0.1) is 0 Å². The maximum atomic E-state index is 3.12. The standard InChI is InChI=1S/C11H14N2/c1-13-7-4-10(5-8-13)11-3-2-6-12-9-11/h2-4,6,9H,5,7-8H2,1H3/p+2. The van der Waals surface area contributed by atoms with Crippen LogP contribution in [0.5, 0.6) is 0 Å². The number of hydrogen-bond donors (Lipinski definition) is 1. The van der Waals surface area contributed by atoms with E-state index >= 15 is 0 Å². The van der Waals surface area contributed by atoms with E-state index in [1.165, 1.54) is 24.1 Å². The number of aromatic amines is 1. The molecule has 0 amide bonds. The van der Waals surface area contributed by atoms with Gasteiger partial charge in [0, 0.05) is 18.1 Å². The number of H-pyrrole nitrogens is 1. The van der Waals surface area contributed by atoms with Crippen molar-refractivity contribution in [3.8, 4) is 0 Å². The summed E-state index contributed by atoms with van der Waals surface area (Å²) in [7, 11) is 2.24. The van der Waals surface area contributed by atoms with Crippen molar-refractivity contribution in [2.45, 2.75) is 6.42 Å². The molecule has 1 aromatic heterocycles. The molecule has 0 aliphatic carbocycles. The minimum absolute atomic E-state index is 1.16. The average molecular weight is 176 g/mol. The Labute approximate surface area is 78.9 Å². The zero-order valence-electron chi connectivity index (χ0n) is 8.01. The molecule has 0 saturated heterocycles. The van der Waals surface area contributed by atoms with Gasteiger partial charge in [0.15, 0.2) is 12.4 Å². The molecule has 2 heteroatoms. The molecule has 2 nitrogen and oxygen atoms in total. The van der Waals surface area contributed by atoms with E-state index in [2.05, 4.69) is 36.4 Å². The number of likely N-dealkylation sites (N-methyl/N-ethyl adjacent to an activating group) is 1. The molecule has 2 heterocycles. The molecular formula is C11H16N2+2. The number of nitrogens with one attached hydrogen (secondary N) is 2. The summed E-state index contributed by atoms with van der Waals surface area (Å²) >= 11 is 0. The van der Waals surface area contributed by atoms with Gasteiger partial charge in [-0.2, -0.15) is 0 Å². The average Bonchev–Trinajstić information content (AvgIpc) is 2.20. The molecule has 0 radical (unpaired) electrons. The molecule has 1 aromatic rings. The van der Waals surface area contributed by atoms with Gasteiger partial charge in [-0.25, -0.2) is 4.98 Å². The van der Waals surface area contributed by atoms with Crippen LogP contribution in [-0.4, -0.2) is 20.1 Å². The molecule has 1 unspecified atom stereocenters. The van der Waals surface area contributed by atoms with E-state index in [9.17, 15) is 0 Å². The van der Waals surface area contributed by atoms with E-state index < -0.39 is 0 Å². The van der Waals surface area contributed by atoms with Gasteiger partial charge in [0.25, 0.3) is 0 Å². The lowest BCUT2D eigenvalue weighted by Gasteiger charge is -2.18. The molecule has 0 spiro atoms. The van der Waals surface area contributed by atoms with Crippen LogP contribution < -0.4 is 9.88 Å². The third-order valence-corrected chi connectivity index (χ3v) is 2.60. The van der Waals surface area contributed by atoms with Crippen molar-refractivity contribution >= 4 is 5.57 Å². The first-order chi connectivity index (χ1) is 6.36. The molecule has 13 heavy (non-hydrogen) atoms. The summed E-state index contributed by atoms with van der Waals surface area (Å²) < 4.78 is 0. The highest BCUT2D eigenvalue weighted by atomic mass is 15.1. The maximum absolute atomic E-state index is 3.12. The first kappa shape index (κ1) is 8.45. The third-order valence-electron chi connectivity index (χ3n) is 2.60. The van der Waals surface area contributed by atoms with Crippen LogP contribution in [0.25, 0.3) is 5.57 Å². The molecule has 1 aliphatic heterocycles. The summed E-state index contributed by atoms with van der Waals surface area (Å²) in [6.45, 7) is 2.41. The van der Waals surface area contributed by atoms with Crippen LogP contribution in [0.15, 0.2) is 30.6 Å². The highest BCUT2D eigenvalue weighted by Gasteiger charge is 2.12. The molecule has 68 valence electrons. The summed E-state index contributed by atoms with van der Waals surface area (Å²) in [6.07, 6.45) is 7.57. The summed E-state index contributed by atoms with van der Waals surface area (Å²) in [5.74, 6) is 0. The lowest BCUT2D eigenvalue weighted by atomic mass is 10.0. The van der Waals surface area contributed by atoms with Gasteiger partial charge in [-0.1, -0.05) is 0 Å². The van der Waals surface area contributed by atoms with Gasteiger partial charge in [0.2, 0.25) is 0 Å². The van der Waals surface area contributed by atoms with Gasteiger partial charge < -0.3 is 4.90 Å². The first-order valence-corrected chi connectivity index (χ1v) is 4.83. The van der Waals surface area contributed by atoms with Crippen molar-refractivity contribution in [3.63, 3.8) is 0 Å². The number of aromatic nitrogens is 1. The van der Waals surface area contributed by atoms with Gasteiger partial charge in [0.1, 0.15) is 0 Å². The Bertz CT molecular complexity index is 303. The van der Waals surface area contributed by atoms with Crippen molar-refractivity contribution in [1.82, 2.24) is 0 Å². The fourth-order valence-electron chi connectivity index (χ4n) is 1.70. The zero-order valence-corrected chi connectivity index (χ0v) is 8.01. The fourth-order valence-corrected chi connectivity index (χ4v) is 1.70. The van der Waals surface area contributed by atoms with Crippen LogP contribution >= 0.6 is 0 Å². The van der Waals surface area contributed by atoms with Gasteiger partial charge in [-0.3, -0.25) is 0 Å². The van der Waals surface area contributed by atoms with Gasteiger partial charge in [-0.15, -0.1) is 0 Å². The Morgan fingerprint density at radius 3 is 3.00 bits per heavy atom. The topological polar surface area (TPSA) is 18.6 Å². The second kappa shape index (κ2) is 3.71. The van der Waals surface area contributed by atoms with Gasteiger partial charge in [0.05, 0.1) is 20.1 Å². The number of pyridine rings is 1. The molecule has 1 atom stereocenters. The van der Waals surface area contributed by atoms with Crippen LogP contribution in [0.2, 0.25) is 0 Å². The Hall–Kier alpha value is -1.15. The minimum atomic E-state index is 1.16. The molecule has 0 saturated carbocycles. The van der Waals surface area contributed by atoms with Crippen molar-refractivity contribution in [2.24, 2.45) is 0 Å². The van der Waals surface area contributed by atoms with E-state index in [4.69, 9.17) is 0 Å². The number of quaternary nitrogens is 1. The van der Waals surface area contributed by atoms with E-state index in [0.29, 0.717) is 0 Å². The monoisotopic (exact) mass is 176 g/mol. The van der Waals surface area contributed by atoms with E-state index in [0.717, 1.165) is 6.54 Å². The first-order valence-electron chi connectivity index (χ1n) is 4.83. The second-order valence-electron chi connectivity index (χ2n) is 3.68. The SMILES string of the molecule is C[NH+]1CC=C(c2ccc[nH+]c2)CC1. The highest BCUT2D eigenvalue weighted by Crippen LogP contribution is 2.15. The quantitative estimate of drug-likeness (QED) is 0.611. The largest absolute Gasteiger partial charge is 0.334 e. The summed E-state index contributed by atoms with van der Waals surface area (Å²) in [5, 5.41) is 0. The van der Waals surface area contributed by atoms with Crippen LogP contribution in [0.1, 0.15) is 12.0 Å². The Morgan fingerprint density at radius 1 is 1.46 bits per heavy atom. The fraction of sp³-hybridized carbons (Fsp3) is 0.364. The lowest BCUT2D eigenvalue weighted by molar-refractivity contribution is -0.874. The summed E-state index contributed by atoms with van der Waals surface area (Å²) in [4.78, 5) is 4.72. The lowest BCUT2D eigenvalue weighted by Crippen LogP contribution is -3.09. The number of rotatable bonds is 1. The molecule has 0 aromatic carbocycles. The molecular weight excluding hydrogens is 160 g/mol. The third kappa shape index (κ3) is 1.95. The molecule has 0 bridgehead atoms. The van der Waals surface area contributed by atoms with Crippen LogP contribution in [-0.2, 0) is 0 Å². The zero-order chi connectivity index (χ0) is 9.10. The Balaban J connectivity index is 2.19. The predicted molar refractivity (Wildman–Crippen MR) is 52.2 cm³/mol. The minimum Gasteiger partial charge on any atom is -0.334 e. The predicted octanol–water partition coefficient (Wildman–Crippen LogP) is -0.197. The molecule has 2 N–H and O–H groups in total. The normalized spacial score (nSPS) is 22.5. The van der Waals surface area contributed by atoms with Crippen molar-refractivity contribution in [2.75, 3.05) is 20.1 Å². The van der Waals surface area contributed by atoms with Gasteiger partial charge >= 0.3 is 0 Å². The van der Waals surface area contributed by atoms with Crippen LogP contribution in [0.4, 0.5) is 0 Å². The van der Waals surface area contributed by atoms with Crippen molar-refractivity contribution in [3.05, 3.63) is 36.2 Å². The Kier molecular flexibility index (Phi) is 2.41. The smallest absolute Gasteiger partial charge is 0.174 e. The molecule has 1 aliphatic rings. The molecule has 2 rings (SSSR count). The summed E-state index contributed by atoms with van der Waals surface area (Å²) in [5.41, 5.74) is 2.83. The van der Waals surface area contributed by atoms with E-state index in [1.807, 2.05) is 6.20 Å². The summed E-state index contributed by atoms with van der Waals surface area (Å²) in [6, 6.07) is 4.23. The highest BCUT2D eigenvalue weighted by molar-refractivity contribution is 5.64. The second-order valence-corrected chi connectivity index (χ2v) is 3.68. The number of hydrogen-bond acceptors (Lipinski definition) is 0. The van der Waals surface area contributed by atoms with E-state index in [-0.39, 0.29) is 0 Å². The van der Waals surface area contributed by atoms with Crippen LogP contribution in [0.3, 0.4) is 0 Å². The van der Waals surface area contributed by atoms with Crippen molar-refractivity contribution in [1.29, 1.82) is 0 Å². The maximum Gasteiger partial charge on any atom is 0.174 e. The van der Waals surface area contributed by atoms with Gasteiger partial charge in [-0.05, 0) is 17.7 Å². The Morgan fingerprint density at radius 2 is 2.38 bits per heavy atom. The van der Waals surface area contributed by atoms with E-state index in [1.54, 1.807) is 4.90 Å². The molecule has 0 fully saturated rings. The van der Waals surface area contributed by atoms with Crippen molar-refractivity contribution < 1.29 is 9.88 Å².